The average Bonchev–Trinajstić information content (AvgIpc) is 2.78. The summed E-state index contributed by atoms with van der Waals surface area (Å²) in [5, 5.41) is 12.2. The number of nitrogens with zero attached hydrogens (tertiary/aromatic N) is 2. The van der Waals surface area contributed by atoms with E-state index in [-0.39, 0.29) is 5.91 Å². The van der Waals surface area contributed by atoms with Gasteiger partial charge in [-0.1, -0.05) is 19.1 Å². The Kier molecular flexibility index (Phi) is 7.87. The van der Waals surface area contributed by atoms with Crippen LogP contribution in [-0.2, 0) is 16.0 Å². The van der Waals surface area contributed by atoms with Crippen LogP contribution in [0.15, 0.2) is 24.3 Å². The van der Waals surface area contributed by atoms with Gasteiger partial charge < -0.3 is 25.0 Å². The number of carboxylic acids is 1. The molecule has 0 saturated carbocycles. The van der Waals surface area contributed by atoms with Crippen molar-refractivity contribution in [2.75, 3.05) is 46.4 Å². The zero-order chi connectivity index (χ0) is 18.9. The second kappa shape index (κ2) is 10.1. The second-order valence-electron chi connectivity index (χ2n) is 6.58. The Hall–Kier alpha value is -2.12. The van der Waals surface area contributed by atoms with E-state index in [1.54, 1.807) is 0 Å². The number of carboxylic acid groups (broad SMARTS) is 1. The number of benzene rings is 1. The van der Waals surface area contributed by atoms with Gasteiger partial charge in [0.15, 0.2) is 0 Å². The topological polar surface area (TPSA) is 82.1 Å². The van der Waals surface area contributed by atoms with Crippen LogP contribution in [0.4, 0.5) is 0 Å². The number of amides is 1. The van der Waals surface area contributed by atoms with E-state index in [0.717, 1.165) is 30.9 Å². The molecule has 0 aromatic heterocycles. The van der Waals surface area contributed by atoms with Crippen molar-refractivity contribution in [3.05, 3.63) is 29.8 Å². The van der Waals surface area contributed by atoms with Gasteiger partial charge in [0.25, 0.3) is 0 Å². The predicted octanol–water partition coefficient (Wildman–Crippen LogP) is 0.835. The molecule has 1 saturated heterocycles. The molecule has 1 aliphatic heterocycles. The highest BCUT2D eigenvalue weighted by molar-refractivity contribution is 5.76. The van der Waals surface area contributed by atoms with Gasteiger partial charge >= 0.3 is 5.97 Å². The normalized spacial score (nSPS) is 17.0. The molecule has 26 heavy (non-hydrogen) atoms. The number of carbonyl (C=O) groups is 2. The summed E-state index contributed by atoms with van der Waals surface area (Å²) in [6, 6.07) is 6.87. The van der Waals surface area contributed by atoms with E-state index in [9.17, 15) is 14.7 Å². The summed E-state index contributed by atoms with van der Waals surface area (Å²) >= 11 is 0. The van der Waals surface area contributed by atoms with Gasteiger partial charge in [-0.15, -0.1) is 0 Å². The molecule has 7 heteroatoms. The molecular weight excluding hydrogens is 334 g/mol. The fourth-order valence-corrected chi connectivity index (χ4v) is 2.93. The molecule has 0 radical (unpaired) electrons. The van der Waals surface area contributed by atoms with Crippen LogP contribution in [0.25, 0.3) is 0 Å². The molecule has 0 bridgehead atoms. The first kappa shape index (κ1) is 20.2. The molecule has 2 N–H and O–H groups in total. The standard InChI is InChI=1S/C19H29N3O4/c1-3-20-17(19(24)25)14-15-4-6-16(7-5-15)26-13-12-22-11-10-21(2)9-8-18(22)23/h4-7,17,20H,3,8-14H2,1-2H3,(H,24,25). The molecule has 1 aromatic carbocycles. The van der Waals surface area contributed by atoms with Crippen LogP contribution in [0.2, 0.25) is 0 Å². The number of likely N-dealkylation sites (N-methyl/N-ethyl adjacent to an activating group) is 2. The largest absolute Gasteiger partial charge is 0.492 e. The first-order chi connectivity index (χ1) is 12.5. The number of ether oxygens (including phenoxy) is 1. The summed E-state index contributed by atoms with van der Waals surface area (Å²) in [5.41, 5.74) is 0.941. The zero-order valence-electron chi connectivity index (χ0n) is 15.6. The third-order valence-electron chi connectivity index (χ3n) is 4.55. The molecule has 144 valence electrons. The van der Waals surface area contributed by atoms with Crippen LogP contribution in [0.3, 0.4) is 0 Å². The van der Waals surface area contributed by atoms with Crippen LogP contribution in [0.5, 0.6) is 5.75 Å². The van der Waals surface area contributed by atoms with Crippen molar-refractivity contribution in [1.29, 1.82) is 0 Å². The maximum absolute atomic E-state index is 12.0. The lowest BCUT2D eigenvalue weighted by molar-refractivity contribution is -0.139. The summed E-state index contributed by atoms with van der Waals surface area (Å²) < 4.78 is 5.74. The summed E-state index contributed by atoms with van der Waals surface area (Å²) in [7, 11) is 2.03. The lowest BCUT2D eigenvalue weighted by atomic mass is 10.1. The molecule has 1 fully saturated rings. The fraction of sp³-hybridized carbons (Fsp3) is 0.579. The summed E-state index contributed by atoms with van der Waals surface area (Å²) in [6.07, 6.45) is 0.987. The average molecular weight is 363 g/mol. The molecular formula is C19H29N3O4. The Morgan fingerprint density at radius 2 is 2.00 bits per heavy atom. The van der Waals surface area contributed by atoms with E-state index < -0.39 is 12.0 Å². The molecule has 1 aliphatic rings. The minimum atomic E-state index is -0.847. The van der Waals surface area contributed by atoms with Crippen LogP contribution in [0.1, 0.15) is 18.9 Å². The van der Waals surface area contributed by atoms with Gasteiger partial charge in [0.05, 0.1) is 6.54 Å². The fourth-order valence-electron chi connectivity index (χ4n) is 2.93. The molecule has 1 heterocycles. The Morgan fingerprint density at radius 1 is 1.27 bits per heavy atom. The minimum absolute atomic E-state index is 0.177. The van der Waals surface area contributed by atoms with E-state index in [2.05, 4.69) is 10.2 Å². The van der Waals surface area contributed by atoms with Crippen LogP contribution < -0.4 is 10.1 Å². The molecule has 1 unspecified atom stereocenters. The summed E-state index contributed by atoms with van der Waals surface area (Å²) in [5.74, 6) is 0.0554. The second-order valence-corrected chi connectivity index (χ2v) is 6.58. The third kappa shape index (κ3) is 6.31. The van der Waals surface area contributed by atoms with E-state index in [4.69, 9.17) is 4.74 Å². The molecule has 1 aromatic rings. The van der Waals surface area contributed by atoms with Crippen LogP contribution >= 0.6 is 0 Å². The Morgan fingerprint density at radius 3 is 2.65 bits per heavy atom. The van der Waals surface area contributed by atoms with Crippen molar-refractivity contribution in [3.63, 3.8) is 0 Å². The maximum atomic E-state index is 12.0. The molecule has 1 atom stereocenters. The van der Waals surface area contributed by atoms with Gasteiger partial charge in [-0.3, -0.25) is 9.59 Å². The van der Waals surface area contributed by atoms with E-state index in [0.29, 0.717) is 32.5 Å². The highest BCUT2D eigenvalue weighted by Crippen LogP contribution is 2.14. The number of aliphatic carboxylic acids is 1. The third-order valence-corrected chi connectivity index (χ3v) is 4.55. The number of nitrogens with one attached hydrogen (secondary N) is 1. The molecule has 2 rings (SSSR count). The van der Waals surface area contributed by atoms with Gasteiger partial charge in [-0.25, -0.2) is 0 Å². The predicted molar refractivity (Wildman–Crippen MR) is 99.4 cm³/mol. The van der Waals surface area contributed by atoms with Crippen LogP contribution in [0, 0.1) is 0 Å². The number of hydrogen-bond donors (Lipinski definition) is 2. The van der Waals surface area contributed by atoms with Crippen molar-refractivity contribution in [3.8, 4) is 5.75 Å². The van der Waals surface area contributed by atoms with Crippen molar-refractivity contribution in [1.82, 2.24) is 15.1 Å². The van der Waals surface area contributed by atoms with Crippen molar-refractivity contribution >= 4 is 11.9 Å². The SMILES string of the molecule is CCNC(Cc1ccc(OCCN2CCN(C)CCC2=O)cc1)C(=O)O. The number of carbonyl (C=O) groups excluding carboxylic acids is 1. The van der Waals surface area contributed by atoms with Crippen molar-refractivity contribution < 1.29 is 19.4 Å². The molecule has 0 spiro atoms. The smallest absolute Gasteiger partial charge is 0.321 e. The van der Waals surface area contributed by atoms with Crippen molar-refractivity contribution in [2.24, 2.45) is 0 Å². The van der Waals surface area contributed by atoms with E-state index in [1.807, 2.05) is 43.1 Å². The number of rotatable bonds is 9. The lowest BCUT2D eigenvalue weighted by Gasteiger charge is -2.21. The highest BCUT2D eigenvalue weighted by Gasteiger charge is 2.19. The molecule has 0 aliphatic carbocycles. The first-order valence-electron chi connectivity index (χ1n) is 9.14. The van der Waals surface area contributed by atoms with Gasteiger partial charge in [-0.2, -0.15) is 0 Å². The lowest BCUT2D eigenvalue weighted by Crippen LogP contribution is -2.38. The maximum Gasteiger partial charge on any atom is 0.321 e. The van der Waals surface area contributed by atoms with Gasteiger partial charge in [0.2, 0.25) is 5.91 Å². The van der Waals surface area contributed by atoms with Gasteiger partial charge in [0.1, 0.15) is 18.4 Å². The number of hydrogen-bond acceptors (Lipinski definition) is 5. The summed E-state index contributed by atoms with van der Waals surface area (Å²) in [6.45, 7) is 5.96. The van der Waals surface area contributed by atoms with E-state index in [1.165, 1.54) is 0 Å². The molecule has 7 nitrogen and oxygen atoms in total. The monoisotopic (exact) mass is 363 g/mol. The van der Waals surface area contributed by atoms with E-state index >= 15 is 0 Å². The minimum Gasteiger partial charge on any atom is -0.492 e. The highest BCUT2D eigenvalue weighted by atomic mass is 16.5. The quantitative estimate of drug-likeness (QED) is 0.676. The van der Waals surface area contributed by atoms with Gasteiger partial charge in [0, 0.05) is 26.1 Å². The van der Waals surface area contributed by atoms with Crippen molar-refractivity contribution in [2.45, 2.75) is 25.8 Å². The molecule has 1 amide bonds. The Balaban J connectivity index is 1.80. The van der Waals surface area contributed by atoms with Crippen LogP contribution in [-0.4, -0.2) is 79.2 Å². The Labute approximate surface area is 154 Å². The zero-order valence-corrected chi connectivity index (χ0v) is 15.6. The summed E-state index contributed by atoms with van der Waals surface area (Å²) in [4.78, 5) is 27.3. The first-order valence-corrected chi connectivity index (χ1v) is 9.14. The van der Waals surface area contributed by atoms with Gasteiger partial charge in [-0.05, 0) is 37.7 Å². The Bertz CT molecular complexity index is 591.